The maximum atomic E-state index is 12.6. The molecule has 2 aromatic carbocycles. The van der Waals surface area contributed by atoms with Crippen molar-refractivity contribution in [2.45, 2.75) is 6.42 Å². The van der Waals surface area contributed by atoms with Crippen molar-refractivity contribution in [2.75, 3.05) is 7.11 Å². The van der Waals surface area contributed by atoms with Gasteiger partial charge in [-0.1, -0.05) is 42.5 Å². The first-order valence-corrected chi connectivity index (χ1v) is 6.92. The summed E-state index contributed by atoms with van der Waals surface area (Å²) < 4.78 is 5.29. The number of rotatable bonds is 3. The van der Waals surface area contributed by atoms with E-state index in [4.69, 9.17) is 10.5 Å². The summed E-state index contributed by atoms with van der Waals surface area (Å²) in [5.74, 6) is 0.181. The lowest BCUT2D eigenvalue weighted by molar-refractivity contribution is 0.0971. The van der Waals surface area contributed by atoms with Crippen LogP contribution in [0.25, 0.3) is 0 Å². The number of Topliss-reactive ketones (excluding diaryl/α,β-unsaturated/α-hetero) is 2. The van der Waals surface area contributed by atoms with E-state index in [0.717, 1.165) is 5.56 Å². The van der Waals surface area contributed by atoms with Gasteiger partial charge in [0, 0.05) is 23.1 Å². The maximum absolute atomic E-state index is 12.6. The minimum atomic E-state index is -0.292. The van der Waals surface area contributed by atoms with Crippen molar-refractivity contribution in [1.29, 1.82) is 0 Å². The summed E-state index contributed by atoms with van der Waals surface area (Å²) in [6.45, 7) is 0. The zero-order valence-electron chi connectivity index (χ0n) is 12.1. The average Bonchev–Trinajstić information content (AvgIpc) is 2.57. The molecule has 0 atom stereocenters. The van der Waals surface area contributed by atoms with Crippen molar-refractivity contribution in [1.82, 2.24) is 0 Å². The third-order valence-electron chi connectivity index (χ3n) is 3.82. The van der Waals surface area contributed by atoms with Crippen LogP contribution in [-0.2, 0) is 6.42 Å². The van der Waals surface area contributed by atoms with E-state index < -0.39 is 0 Å². The van der Waals surface area contributed by atoms with Gasteiger partial charge in [0.2, 0.25) is 5.78 Å². The number of carbonyl (C=O) groups excluding carboxylic acids is 2. The van der Waals surface area contributed by atoms with E-state index in [2.05, 4.69) is 0 Å². The topological polar surface area (TPSA) is 69.4 Å². The summed E-state index contributed by atoms with van der Waals surface area (Å²) in [6.07, 6.45) is 0.273. The van der Waals surface area contributed by atoms with E-state index in [1.165, 1.54) is 0 Å². The fourth-order valence-electron chi connectivity index (χ4n) is 2.66. The first kappa shape index (κ1) is 14.1. The summed E-state index contributed by atoms with van der Waals surface area (Å²) >= 11 is 0. The van der Waals surface area contributed by atoms with Crippen LogP contribution in [0, 0.1) is 0 Å². The molecule has 22 heavy (non-hydrogen) atoms. The predicted octanol–water partition coefficient (Wildman–Crippen LogP) is 2.53. The van der Waals surface area contributed by atoms with E-state index in [1.807, 2.05) is 24.3 Å². The third-order valence-corrected chi connectivity index (χ3v) is 3.82. The Morgan fingerprint density at radius 2 is 1.50 bits per heavy atom. The van der Waals surface area contributed by atoms with Gasteiger partial charge < -0.3 is 10.5 Å². The van der Waals surface area contributed by atoms with Crippen LogP contribution in [0.4, 0.5) is 0 Å². The SMILES string of the molecule is COc1ccccc1CC1=C(N)C(=O)c2ccccc2C1=O. The molecule has 1 aliphatic carbocycles. The van der Waals surface area contributed by atoms with Gasteiger partial charge in [0.15, 0.2) is 5.78 Å². The first-order chi connectivity index (χ1) is 10.6. The largest absolute Gasteiger partial charge is 0.496 e. The standard InChI is InChI=1S/C18H15NO3/c1-22-15-9-5-2-6-11(15)10-14-16(19)18(21)13-8-4-3-7-12(13)17(14)20/h2-9H,10,19H2,1H3. The molecular weight excluding hydrogens is 278 g/mol. The number of ketones is 2. The molecule has 0 amide bonds. The molecule has 0 aromatic heterocycles. The van der Waals surface area contributed by atoms with E-state index in [9.17, 15) is 9.59 Å². The second kappa shape index (κ2) is 5.48. The normalized spacial score (nSPS) is 14.0. The average molecular weight is 293 g/mol. The molecule has 0 bridgehead atoms. The number of para-hydroxylation sites is 1. The highest BCUT2D eigenvalue weighted by Gasteiger charge is 2.30. The molecule has 0 unspecified atom stereocenters. The minimum Gasteiger partial charge on any atom is -0.496 e. The quantitative estimate of drug-likeness (QED) is 0.944. The number of nitrogens with two attached hydrogens (primary N) is 1. The summed E-state index contributed by atoms with van der Waals surface area (Å²) in [4.78, 5) is 25.0. The van der Waals surface area contributed by atoms with E-state index >= 15 is 0 Å². The van der Waals surface area contributed by atoms with Gasteiger partial charge in [-0.3, -0.25) is 9.59 Å². The molecule has 110 valence electrons. The van der Waals surface area contributed by atoms with E-state index in [0.29, 0.717) is 22.4 Å². The molecule has 0 saturated heterocycles. The van der Waals surface area contributed by atoms with Crippen molar-refractivity contribution in [3.05, 3.63) is 76.5 Å². The van der Waals surface area contributed by atoms with Crippen molar-refractivity contribution in [3.63, 3.8) is 0 Å². The fourth-order valence-corrected chi connectivity index (χ4v) is 2.66. The third kappa shape index (κ3) is 2.19. The molecule has 2 aromatic rings. The van der Waals surface area contributed by atoms with Crippen LogP contribution < -0.4 is 10.5 Å². The van der Waals surface area contributed by atoms with Crippen molar-refractivity contribution in [2.24, 2.45) is 5.73 Å². The molecule has 0 radical (unpaired) electrons. The zero-order valence-corrected chi connectivity index (χ0v) is 12.1. The molecule has 4 heteroatoms. The smallest absolute Gasteiger partial charge is 0.209 e. The van der Waals surface area contributed by atoms with Crippen LogP contribution >= 0.6 is 0 Å². The molecule has 3 rings (SSSR count). The number of hydrogen-bond donors (Lipinski definition) is 1. The first-order valence-electron chi connectivity index (χ1n) is 6.92. The lowest BCUT2D eigenvalue weighted by Gasteiger charge is -2.19. The van der Waals surface area contributed by atoms with Gasteiger partial charge in [-0.25, -0.2) is 0 Å². The Labute approximate surface area is 128 Å². The van der Waals surface area contributed by atoms with Crippen LogP contribution in [0.15, 0.2) is 59.8 Å². The molecule has 0 heterocycles. The summed E-state index contributed by atoms with van der Waals surface area (Å²) in [7, 11) is 1.57. The highest BCUT2D eigenvalue weighted by atomic mass is 16.5. The van der Waals surface area contributed by atoms with Crippen LogP contribution in [-0.4, -0.2) is 18.7 Å². The molecule has 0 spiro atoms. The number of methoxy groups -OCH3 is 1. The van der Waals surface area contributed by atoms with E-state index in [1.54, 1.807) is 31.4 Å². The van der Waals surface area contributed by atoms with Crippen molar-refractivity contribution in [3.8, 4) is 5.75 Å². The van der Waals surface area contributed by atoms with Crippen LogP contribution in [0.1, 0.15) is 26.3 Å². The Morgan fingerprint density at radius 3 is 2.18 bits per heavy atom. The Hall–Kier alpha value is -2.88. The van der Waals surface area contributed by atoms with Gasteiger partial charge in [0.1, 0.15) is 5.75 Å². The second-order valence-electron chi connectivity index (χ2n) is 5.08. The molecule has 0 saturated carbocycles. The van der Waals surface area contributed by atoms with Gasteiger partial charge in [0.25, 0.3) is 0 Å². The fraction of sp³-hybridized carbons (Fsp3) is 0.111. The van der Waals surface area contributed by atoms with Gasteiger partial charge >= 0.3 is 0 Å². The Balaban J connectivity index is 2.06. The van der Waals surface area contributed by atoms with Gasteiger partial charge in [-0.15, -0.1) is 0 Å². The lowest BCUT2D eigenvalue weighted by atomic mass is 9.84. The van der Waals surface area contributed by atoms with E-state index in [-0.39, 0.29) is 23.7 Å². The van der Waals surface area contributed by atoms with Gasteiger partial charge in [-0.05, 0) is 11.6 Å². The molecular formula is C18H15NO3. The van der Waals surface area contributed by atoms with Crippen molar-refractivity contribution < 1.29 is 14.3 Å². The Bertz CT molecular complexity index is 805. The van der Waals surface area contributed by atoms with Crippen LogP contribution in [0.5, 0.6) is 5.75 Å². The zero-order chi connectivity index (χ0) is 15.7. The molecule has 1 aliphatic rings. The number of ether oxygens (including phenoxy) is 1. The monoisotopic (exact) mass is 293 g/mol. The number of hydrogen-bond acceptors (Lipinski definition) is 4. The molecule has 4 nitrogen and oxygen atoms in total. The van der Waals surface area contributed by atoms with Crippen LogP contribution in [0.2, 0.25) is 0 Å². The number of carbonyl (C=O) groups is 2. The molecule has 0 fully saturated rings. The maximum Gasteiger partial charge on any atom is 0.209 e. The number of allylic oxidation sites excluding steroid dienone is 2. The van der Waals surface area contributed by atoms with Crippen LogP contribution in [0.3, 0.4) is 0 Å². The predicted molar refractivity (Wildman–Crippen MR) is 83.0 cm³/mol. The van der Waals surface area contributed by atoms with Gasteiger partial charge in [-0.2, -0.15) is 0 Å². The summed E-state index contributed by atoms with van der Waals surface area (Å²) in [6, 6.07) is 14.1. The highest BCUT2D eigenvalue weighted by molar-refractivity contribution is 6.26. The van der Waals surface area contributed by atoms with Crippen molar-refractivity contribution >= 4 is 11.6 Å². The second-order valence-corrected chi connectivity index (χ2v) is 5.08. The number of benzene rings is 2. The minimum absolute atomic E-state index is 0.0228. The summed E-state index contributed by atoms with van der Waals surface area (Å²) in [5, 5.41) is 0. The highest BCUT2D eigenvalue weighted by Crippen LogP contribution is 2.28. The molecule has 0 aliphatic heterocycles. The van der Waals surface area contributed by atoms with Gasteiger partial charge in [0.05, 0.1) is 12.8 Å². The molecule has 2 N–H and O–H groups in total. The lowest BCUT2D eigenvalue weighted by Crippen LogP contribution is -2.27. The number of fused-ring (bicyclic) bond motifs is 1. The Kier molecular flexibility index (Phi) is 3.51. The summed E-state index contributed by atoms with van der Waals surface area (Å²) in [5.41, 5.74) is 7.89. The Morgan fingerprint density at radius 1 is 0.909 bits per heavy atom.